The Hall–Kier alpha value is -0.830. The van der Waals surface area contributed by atoms with Gasteiger partial charge in [-0.15, -0.1) is 0 Å². The van der Waals surface area contributed by atoms with E-state index in [9.17, 15) is 4.39 Å². The fourth-order valence-corrected chi connectivity index (χ4v) is 1.21. The van der Waals surface area contributed by atoms with E-state index in [0.29, 0.717) is 11.3 Å². The quantitative estimate of drug-likeness (QED) is 0.627. The van der Waals surface area contributed by atoms with Gasteiger partial charge < -0.3 is 5.73 Å². The van der Waals surface area contributed by atoms with Gasteiger partial charge in [0.1, 0.15) is 5.82 Å². The van der Waals surface area contributed by atoms with Gasteiger partial charge in [-0.25, -0.2) is 4.39 Å². The smallest absolute Gasteiger partial charge is 0.132 e. The van der Waals surface area contributed by atoms with E-state index in [-0.39, 0.29) is 5.82 Å². The number of nitrogen functional groups attached to an aromatic ring is 1. The first-order valence-electron chi connectivity index (χ1n) is 3.93. The van der Waals surface area contributed by atoms with E-state index in [1.165, 1.54) is 6.07 Å². The fourth-order valence-electron chi connectivity index (χ4n) is 1.02. The van der Waals surface area contributed by atoms with Gasteiger partial charge in [0.2, 0.25) is 0 Å². The van der Waals surface area contributed by atoms with Crippen LogP contribution in [0.3, 0.4) is 0 Å². The van der Waals surface area contributed by atoms with Gasteiger partial charge in [0, 0.05) is 16.6 Å². The molecule has 0 fully saturated rings. The topological polar surface area (TPSA) is 26.0 Å². The normalized spacial score (nSPS) is 11.0. The molecule has 2 N–H and O–H groups in total. The molecule has 0 spiro atoms. The zero-order valence-electron chi connectivity index (χ0n) is 7.35. The Kier molecular flexibility index (Phi) is 3.48. The van der Waals surface area contributed by atoms with E-state index in [1.807, 2.05) is 13.0 Å². The number of aryl methyl sites for hydroxylation is 1. The van der Waals surface area contributed by atoms with Crippen LogP contribution in [0.2, 0.25) is 0 Å². The minimum atomic E-state index is -0.277. The van der Waals surface area contributed by atoms with Crippen molar-refractivity contribution in [1.29, 1.82) is 0 Å². The van der Waals surface area contributed by atoms with Gasteiger partial charge in [0.15, 0.2) is 0 Å². The molecule has 0 aliphatic heterocycles. The summed E-state index contributed by atoms with van der Waals surface area (Å²) in [4.78, 5) is 0. The predicted molar refractivity (Wildman–Crippen MR) is 58.4 cm³/mol. The standard InChI is InChI=1S/C10H11BrFN/c1-7-5-8(3-2-4-11)9(12)6-10(7)13/h2-3,5-6H,4,13H2,1H3. The fraction of sp³-hybridized carbons (Fsp3) is 0.200. The van der Waals surface area contributed by atoms with E-state index >= 15 is 0 Å². The third kappa shape index (κ3) is 2.56. The van der Waals surface area contributed by atoms with Crippen LogP contribution in [0.1, 0.15) is 11.1 Å². The molecule has 13 heavy (non-hydrogen) atoms. The molecule has 0 saturated heterocycles. The molecular weight excluding hydrogens is 233 g/mol. The molecule has 1 aromatic rings. The molecule has 0 aliphatic rings. The number of nitrogens with two attached hydrogens (primary N) is 1. The lowest BCUT2D eigenvalue weighted by Crippen LogP contribution is -1.93. The van der Waals surface area contributed by atoms with Crippen molar-refractivity contribution in [3.05, 3.63) is 35.2 Å². The zero-order chi connectivity index (χ0) is 9.84. The predicted octanol–water partition coefficient (Wildman–Crippen LogP) is 3.12. The van der Waals surface area contributed by atoms with Crippen LogP contribution < -0.4 is 5.73 Å². The van der Waals surface area contributed by atoms with E-state index in [2.05, 4.69) is 15.9 Å². The summed E-state index contributed by atoms with van der Waals surface area (Å²) in [7, 11) is 0. The van der Waals surface area contributed by atoms with Gasteiger partial charge in [-0.05, 0) is 24.6 Å². The average Bonchev–Trinajstić information content (AvgIpc) is 2.09. The molecule has 0 bridgehead atoms. The van der Waals surface area contributed by atoms with Gasteiger partial charge in [-0.3, -0.25) is 0 Å². The number of alkyl halides is 1. The van der Waals surface area contributed by atoms with Crippen LogP contribution in [-0.2, 0) is 0 Å². The van der Waals surface area contributed by atoms with E-state index in [0.717, 1.165) is 10.9 Å². The first-order chi connectivity index (χ1) is 6.15. The number of rotatable bonds is 2. The Bertz CT molecular complexity index is 334. The van der Waals surface area contributed by atoms with Crippen LogP contribution in [0.25, 0.3) is 6.08 Å². The van der Waals surface area contributed by atoms with Crippen molar-refractivity contribution in [3.63, 3.8) is 0 Å². The van der Waals surface area contributed by atoms with Crippen LogP contribution in [0.5, 0.6) is 0 Å². The Morgan fingerprint density at radius 1 is 1.54 bits per heavy atom. The second-order valence-electron chi connectivity index (χ2n) is 2.79. The minimum Gasteiger partial charge on any atom is -0.398 e. The second-order valence-corrected chi connectivity index (χ2v) is 3.43. The molecule has 70 valence electrons. The van der Waals surface area contributed by atoms with Crippen molar-refractivity contribution in [2.75, 3.05) is 11.1 Å². The molecule has 0 amide bonds. The summed E-state index contributed by atoms with van der Waals surface area (Å²) in [5.74, 6) is -0.277. The average molecular weight is 244 g/mol. The number of hydrogen-bond acceptors (Lipinski definition) is 1. The summed E-state index contributed by atoms with van der Waals surface area (Å²) in [5.41, 5.74) is 7.51. The molecule has 1 nitrogen and oxygen atoms in total. The molecule has 1 rings (SSSR count). The lowest BCUT2D eigenvalue weighted by molar-refractivity contribution is 0.625. The van der Waals surface area contributed by atoms with Crippen LogP contribution in [0, 0.1) is 12.7 Å². The van der Waals surface area contributed by atoms with Gasteiger partial charge in [0.05, 0.1) is 0 Å². The first-order valence-corrected chi connectivity index (χ1v) is 5.05. The van der Waals surface area contributed by atoms with Crippen LogP contribution >= 0.6 is 15.9 Å². The van der Waals surface area contributed by atoms with Gasteiger partial charge in [-0.1, -0.05) is 28.1 Å². The monoisotopic (exact) mass is 243 g/mol. The van der Waals surface area contributed by atoms with Crippen molar-refractivity contribution in [1.82, 2.24) is 0 Å². The van der Waals surface area contributed by atoms with Gasteiger partial charge >= 0.3 is 0 Å². The summed E-state index contributed by atoms with van der Waals surface area (Å²) >= 11 is 3.23. The molecule has 0 atom stereocenters. The minimum absolute atomic E-state index is 0.277. The second kappa shape index (κ2) is 4.42. The number of halogens is 2. The third-order valence-corrected chi connectivity index (χ3v) is 2.15. The van der Waals surface area contributed by atoms with Crippen molar-refractivity contribution in [2.45, 2.75) is 6.92 Å². The summed E-state index contributed by atoms with van der Waals surface area (Å²) in [6, 6.07) is 3.09. The van der Waals surface area contributed by atoms with Gasteiger partial charge in [-0.2, -0.15) is 0 Å². The van der Waals surface area contributed by atoms with Gasteiger partial charge in [0.25, 0.3) is 0 Å². The van der Waals surface area contributed by atoms with Crippen molar-refractivity contribution >= 4 is 27.7 Å². The largest absolute Gasteiger partial charge is 0.398 e. The molecule has 3 heteroatoms. The summed E-state index contributed by atoms with van der Waals surface area (Å²) in [5, 5.41) is 0.718. The highest BCUT2D eigenvalue weighted by molar-refractivity contribution is 9.09. The number of benzene rings is 1. The number of allylic oxidation sites excluding steroid dienone is 1. The molecule has 1 aromatic carbocycles. The van der Waals surface area contributed by atoms with E-state index < -0.39 is 0 Å². The molecular formula is C10H11BrFN. The Balaban J connectivity index is 3.08. The maximum Gasteiger partial charge on any atom is 0.132 e. The van der Waals surface area contributed by atoms with Crippen LogP contribution in [-0.4, -0.2) is 5.33 Å². The van der Waals surface area contributed by atoms with Crippen LogP contribution in [0.15, 0.2) is 18.2 Å². The number of anilines is 1. The summed E-state index contributed by atoms with van der Waals surface area (Å²) in [6.07, 6.45) is 3.57. The Morgan fingerprint density at radius 3 is 2.85 bits per heavy atom. The molecule has 0 radical (unpaired) electrons. The molecule has 0 unspecified atom stereocenters. The highest BCUT2D eigenvalue weighted by atomic mass is 79.9. The lowest BCUT2D eigenvalue weighted by Gasteiger charge is -2.02. The van der Waals surface area contributed by atoms with Crippen molar-refractivity contribution < 1.29 is 4.39 Å². The number of hydrogen-bond donors (Lipinski definition) is 1. The van der Waals surface area contributed by atoms with E-state index in [4.69, 9.17) is 5.73 Å². The lowest BCUT2D eigenvalue weighted by atomic mass is 10.1. The van der Waals surface area contributed by atoms with E-state index in [1.54, 1.807) is 12.1 Å². The highest BCUT2D eigenvalue weighted by Crippen LogP contribution is 2.18. The molecule has 0 aromatic heterocycles. The van der Waals surface area contributed by atoms with Crippen LogP contribution in [0.4, 0.5) is 10.1 Å². The molecule has 0 aliphatic carbocycles. The van der Waals surface area contributed by atoms with Crippen molar-refractivity contribution in [3.8, 4) is 0 Å². The maximum atomic E-state index is 13.2. The summed E-state index contributed by atoms with van der Waals surface area (Å²) < 4.78 is 13.2. The highest BCUT2D eigenvalue weighted by Gasteiger charge is 2.01. The Morgan fingerprint density at radius 2 is 2.23 bits per heavy atom. The molecule has 0 saturated carbocycles. The first kappa shape index (κ1) is 10.3. The molecule has 0 heterocycles. The maximum absolute atomic E-state index is 13.2. The zero-order valence-corrected chi connectivity index (χ0v) is 8.94. The third-order valence-electron chi connectivity index (χ3n) is 1.77. The Labute approximate surface area is 85.6 Å². The van der Waals surface area contributed by atoms with Crippen molar-refractivity contribution in [2.24, 2.45) is 0 Å². The summed E-state index contributed by atoms with van der Waals surface area (Å²) in [6.45, 7) is 1.86. The SMILES string of the molecule is Cc1cc(C=CCBr)c(F)cc1N.